The van der Waals surface area contributed by atoms with Gasteiger partial charge in [0.1, 0.15) is 9.90 Å². The number of carbonyl (C=O) groups excluding carboxylic acids is 1. The fraction of sp³-hybridized carbons (Fsp3) is 0.312. The highest BCUT2D eigenvalue weighted by Crippen LogP contribution is 2.40. The summed E-state index contributed by atoms with van der Waals surface area (Å²) in [7, 11) is -2.71. The van der Waals surface area contributed by atoms with Crippen molar-refractivity contribution in [3.63, 3.8) is 0 Å². The fourth-order valence-electron chi connectivity index (χ4n) is 2.82. The Hall–Kier alpha value is -1.28. The predicted molar refractivity (Wildman–Crippen MR) is 99.6 cm³/mol. The highest BCUT2D eigenvalue weighted by molar-refractivity contribution is 7.93. The van der Waals surface area contributed by atoms with Gasteiger partial charge in [0, 0.05) is 9.90 Å². The molecule has 0 saturated heterocycles. The van der Waals surface area contributed by atoms with Crippen molar-refractivity contribution in [2.24, 2.45) is 0 Å². The molecular formula is C16H15Cl2NO4S2. The molecule has 9 heteroatoms. The van der Waals surface area contributed by atoms with Crippen molar-refractivity contribution in [3.05, 3.63) is 44.2 Å². The molecule has 25 heavy (non-hydrogen) atoms. The lowest BCUT2D eigenvalue weighted by Crippen LogP contribution is -2.16. The standard InChI is InChI=1S/C16H15Cl2NO4S2/c1-23-16(20)14-10-4-2-3-5-12(10)24-15(14)19-25(21,22)13-8-9(17)6-7-11(13)18/h6-8,19H,2-5H2,1H3. The van der Waals surface area contributed by atoms with E-state index in [1.54, 1.807) is 0 Å². The number of halogens is 2. The average molecular weight is 420 g/mol. The summed E-state index contributed by atoms with van der Waals surface area (Å²) in [6.45, 7) is 0. The molecule has 0 aliphatic heterocycles. The molecule has 1 aromatic heterocycles. The zero-order chi connectivity index (χ0) is 18.2. The highest BCUT2D eigenvalue weighted by atomic mass is 35.5. The van der Waals surface area contributed by atoms with E-state index in [0.717, 1.165) is 36.1 Å². The third kappa shape index (κ3) is 3.65. The van der Waals surface area contributed by atoms with Gasteiger partial charge in [-0.05, 0) is 49.4 Å². The molecule has 1 aliphatic rings. The Morgan fingerprint density at radius 2 is 1.96 bits per heavy atom. The van der Waals surface area contributed by atoms with E-state index in [1.807, 2.05) is 0 Å². The normalized spacial score (nSPS) is 14.0. The van der Waals surface area contributed by atoms with Gasteiger partial charge < -0.3 is 4.74 Å². The van der Waals surface area contributed by atoms with E-state index in [0.29, 0.717) is 5.56 Å². The van der Waals surface area contributed by atoms with E-state index < -0.39 is 16.0 Å². The molecule has 1 aliphatic carbocycles. The molecule has 134 valence electrons. The molecule has 0 saturated carbocycles. The maximum atomic E-state index is 12.8. The number of thiophene rings is 1. The minimum Gasteiger partial charge on any atom is -0.465 e. The minimum atomic E-state index is -3.99. The third-order valence-electron chi connectivity index (χ3n) is 3.97. The Morgan fingerprint density at radius 1 is 1.24 bits per heavy atom. The van der Waals surface area contributed by atoms with E-state index in [2.05, 4.69) is 4.72 Å². The third-order valence-corrected chi connectivity index (χ3v) is 7.37. The summed E-state index contributed by atoms with van der Waals surface area (Å²) in [4.78, 5) is 13.1. The molecule has 0 unspecified atom stereocenters. The number of esters is 1. The molecule has 0 atom stereocenters. The van der Waals surface area contributed by atoms with Crippen LogP contribution < -0.4 is 4.72 Å². The van der Waals surface area contributed by atoms with Crippen LogP contribution in [0.2, 0.25) is 10.0 Å². The van der Waals surface area contributed by atoms with Gasteiger partial charge in [0.25, 0.3) is 10.0 Å². The molecule has 2 aromatic rings. The van der Waals surface area contributed by atoms with Crippen LogP contribution in [0.1, 0.15) is 33.6 Å². The van der Waals surface area contributed by atoms with Gasteiger partial charge in [-0.1, -0.05) is 23.2 Å². The van der Waals surface area contributed by atoms with Crippen LogP contribution in [-0.2, 0) is 27.6 Å². The molecule has 5 nitrogen and oxygen atoms in total. The minimum absolute atomic E-state index is 0.0536. The van der Waals surface area contributed by atoms with Crippen LogP contribution in [0.4, 0.5) is 5.00 Å². The average Bonchev–Trinajstić information content (AvgIpc) is 2.93. The van der Waals surface area contributed by atoms with E-state index >= 15 is 0 Å². The van der Waals surface area contributed by atoms with Gasteiger partial charge in [-0.15, -0.1) is 11.3 Å². The van der Waals surface area contributed by atoms with E-state index in [9.17, 15) is 13.2 Å². The Labute approximate surface area is 160 Å². The zero-order valence-electron chi connectivity index (χ0n) is 13.3. The van der Waals surface area contributed by atoms with Gasteiger partial charge in [0.2, 0.25) is 0 Å². The summed E-state index contributed by atoms with van der Waals surface area (Å²) in [5.74, 6) is -0.547. The number of rotatable bonds is 4. The Morgan fingerprint density at radius 3 is 2.68 bits per heavy atom. The second-order valence-electron chi connectivity index (χ2n) is 5.59. The smallest absolute Gasteiger partial charge is 0.341 e. The number of hydrogen-bond donors (Lipinski definition) is 1. The monoisotopic (exact) mass is 419 g/mol. The molecule has 0 bridgehead atoms. The number of aryl methyl sites for hydroxylation is 1. The lowest BCUT2D eigenvalue weighted by atomic mass is 9.95. The molecular weight excluding hydrogens is 405 g/mol. The Balaban J connectivity index is 2.06. The van der Waals surface area contributed by atoms with Crippen LogP contribution >= 0.6 is 34.5 Å². The Bertz CT molecular complexity index is 938. The second kappa shape index (κ2) is 7.15. The van der Waals surface area contributed by atoms with Crippen molar-refractivity contribution < 1.29 is 17.9 Å². The van der Waals surface area contributed by atoms with Crippen LogP contribution in [0.5, 0.6) is 0 Å². The topological polar surface area (TPSA) is 72.5 Å². The van der Waals surface area contributed by atoms with Crippen molar-refractivity contribution in [1.29, 1.82) is 0 Å². The highest BCUT2D eigenvalue weighted by Gasteiger charge is 2.29. The number of fused-ring (bicyclic) bond motifs is 1. The molecule has 3 rings (SSSR count). The van der Waals surface area contributed by atoms with Crippen molar-refractivity contribution >= 4 is 55.5 Å². The van der Waals surface area contributed by atoms with Gasteiger partial charge in [0.15, 0.2) is 0 Å². The van der Waals surface area contributed by atoms with Crippen molar-refractivity contribution in [2.45, 2.75) is 30.6 Å². The number of hydrogen-bond acceptors (Lipinski definition) is 5. The fourth-order valence-corrected chi connectivity index (χ4v) is 6.16. The summed E-state index contributed by atoms with van der Waals surface area (Å²) < 4.78 is 32.8. The number of ether oxygens (including phenoxy) is 1. The Kier molecular flexibility index (Phi) is 5.29. The maximum Gasteiger partial charge on any atom is 0.341 e. The number of methoxy groups -OCH3 is 1. The predicted octanol–water partition coefficient (Wildman–Crippen LogP) is 4.52. The van der Waals surface area contributed by atoms with Crippen LogP contribution in [0, 0.1) is 0 Å². The molecule has 1 N–H and O–H groups in total. The lowest BCUT2D eigenvalue weighted by molar-refractivity contribution is 0.0601. The summed E-state index contributed by atoms with van der Waals surface area (Å²) in [6, 6.07) is 4.20. The first-order chi connectivity index (χ1) is 11.8. The molecule has 1 heterocycles. The van der Waals surface area contributed by atoms with E-state index in [-0.39, 0.29) is 19.9 Å². The van der Waals surface area contributed by atoms with E-state index in [4.69, 9.17) is 27.9 Å². The second-order valence-corrected chi connectivity index (χ2v) is 9.19. The lowest BCUT2D eigenvalue weighted by Gasteiger charge is -2.12. The quantitative estimate of drug-likeness (QED) is 0.739. The summed E-state index contributed by atoms with van der Waals surface area (Å²) in [5.41, 5.74) is 1.17. The SMILES string of the molecule is COC(=O)c1c(NS(=O)(=O)c2cc(Cl)ccc2Cl)sc2c1CCCC2. The van der Waals surface area contributed by atoms with Gasteiger partial charge >= 0.3 is 5.97 Å². The van der Waals surface area contributed by atoms with Crippen LogP contribution in [0.15, 0.2) is 23.1 Å². The molecule has 0 spiro atoms. The van der Waals surface area contributed by atoms with Gasteiger partial charge in [0.05, 0.1) is 17.7 Å². The summed E-state index contributed by atoms with van der Waals surface area (Å²) in [6.07, 6.45) is 3.53. The van der Waals surface area contributed by atoms with Crippen LogP contribution in [0.25, 0.3) is 0 Å². The first-order valence-corrected chi connectivity index (χ1v) is 10.6. The van der Waals surface area contributed by atoms with Gasteiger partial charge in [-0.3, -0.25) is 4.72 Å². The molecule has 0 amide bonds. The van der Waals surface area contributed by atoms with Crippen molar-refractivity contribution in [3.8, 4) is 0 Å². The number of nitrogens with one attached hydrogen (secondary N) is 1. The number of benzene rings is 1. The number of carbonyl (C=O) groups is 1. The van der Waals surface area contributed by atoms with E-state index in [1.165, 1.54) is 36.6 Å². The molecule has 0 fully saturated rings. The first kappa shape index (κ1) is 18.5. The van der Waals surface area contributed by atoms with Crippen LogP contribution in [-0.4, -0.2) is 21.5 Å². The summed E-state index contributed by atoms with van der Waals surface area (Å²) in [5, 5.41) is 0.566. The maximum absolute atomic E-state index is 12.8. The van der Waals surface area contributed by atoms with Gasteiger partial charge in [-0.2, -0.15) is 0 Å². The molecule has 0 radical (unpaired) electrons. The first-order valence-electron chi connectivity index (χ1n) is 7.54. The van der Waals surface area contributed by atoms with Crippen molar-refractivity contribution in [1.82, 2.24) is 0 Å². The van der Waals surface area contributed by atoms with Crippen LogP contribution in [0.3, 0.4) is 0 Å². The van der Waals surface area contributed by atoms with Crippen molar-refractivity contribution in [2.75, 3.05) is 11.8 Å². The number of sulfonamides is 1. The zero-order valence-corrected chi connectivity index (χ0v) is 16.4. The number of anilines is 1. The largest absolute Gasteiger partial charge is 0.465 e. The molecule has 1 aromatic carbocycles. The summed E-state index contributed by atoms with van der Waals surface area (Å²) >= 11 is 13.2. The van der Waals surface area contributed by atoms with Gasteiger partial charge in [-0.25, -0.2) is 13.2 Å².